The van der Waals surface area contributed by atoms with Gasteiger partial charge in [-0.05, 0) is 44.0 Å². The van der Waals surface area contributed by atoms with Crippen LogP contribution in [0.25, 0.3) is 6.08 Å². The molecule has 0 saturated carbocycles. The van der Waals surface area contributed by atoms with Crippen LogP contribution in [-0.2, 0) is 4.79 Å². The van der Waals surface area contributed by atoms with Crippen molar-refractivity contribution in [3.05, 3.63) is 35.9 Å². The van der Waals surface area contributed by atoms with Crippen molar-refractivity contribution in [2.75, 3.05) is 25.6 Å². The fraction of sp³-hybridized carbons (Fsp3) is 0.438. The van der Waals surface area contributed by atoms with E-state index in [1.165, 1.54) is 6.08 Å². The zero-order chi connectivity index (χ0) is 15.2. The molecule has 0 spiro atoms. The summed E-state index contributed by atoms with van der Waals surface area (Å²) in [6.45, 7) is 3.84. The summed E-state index contributed by atoms with van der Waals surface area (Å²) in [6, 6.07) is 7.95. The third-order valence-corrected chi connectivity index (χ3v) is 3.04. The molecule has 0 aliphatic carbocycles. The minimum absolute atomic E-state index is 0.0585. The van der Waals surface area contributed by atoms with E-state index in [1.807, 2.05) is 57.1 Å². The molecule has 0 aliphatic rings. The Morgan fingerprint density at radius 2 is 1.90 bits per heavy atom. The zero-order valence-electron chi connectivity index (χ0n) is 12.7. The largest absolute Gasteiger partial charge is 0.396 e. The van der Waals surface area contributed by atoms with Gasteiger partial charge < -0.3 is 15.3 Å². The van der Waals surface area contributed by atoms with Gasteiger partial charge in [-0.15, -0.1) is 0 Å². The summed E-state index contributed by atoms with van der Waals surface area (Å²) in [6.07, 6.45) is 3.83. The first-order chi connectivity index (χ1) is 9.34. The fourth-order valence-corrected chi connectivity index (χ4v) is 1.77. The summed E-state index contributed by atoms with van der Waals surface area (Å²) >= 11 is 0. The van der Waals surface area contributed by atoms with E-state index in [4.69, 9.17) is 5.11 Å². The topological polar surface area (TPSA) is 52.6 Å². The average molecular weight is 276 g/mol. The van der Waals surface area contributed by atoms with E-state index < -0.39 is 5.54 Å². The van der Waals surface area contributed by atoms with Gasteiger partial charge in [0.05, 0.1) is 0 Å². The summed E-state index contributed by atoms with van der Waals surface area (Å²) < 4.78 is 0. The van der Waals surface area contributed by atoms with Crippen LogP contribution in [0.4, 0.5) is 5.69 Å². The van der Waals surface area contributed by atoms with Gasteiger partial charge in [0.15, 0.2) is 0 Å². The number of anilines is 1. The zero-order valence-corrected chi connectivity index (χ0v) is 12.7. The molecule has 0 aliphatic heterocycles. The highest BCUT2D eigenvalue weighted by molar-refractivity contribution is 5.92. The Morgan fingerprint density at radius 3 is 2.40 bits per heavy atom. The van der Waals surface area contributed by atoms with Crippen LogP contribution in [0.15, 0.2) is 30.3 Å². The number of hydrogen-bond acceptors (Lipinski definition) is 3. The Labute approximate surface area is 121 Å². The standard InChI is InChI=1S/C16H24N2O2/c1-16(2,11-12-19)17-15(20)10-7-13-5-8-14(9-6-13)18(3)4/h5-10,19H,11-12H2,1-4H3,(H,17,20)/b10-7+. The number of aliphatic hydroxyl groups excluding tert-OH is 1. The Bertz CT molecular complexity index is 462. The quantitative estimate of drug-likeness (QED) is 0.782. The van der Waals surface area contributed by atoms with E-state index in [1.54, 1.807) is 6.08 Å². The number of benzene rings is 1. The van der Waals surface area contributed by atoms with Crippen molar-refractivity contribution in [2.24, 2.45) is 0 Å². The second kappa shape index (κ2) is 7.10. The van der Waals surface area contributed by atoms with Gasteiger partial charge in [-0.3, -0.25) is 4.79 Å². The molecule has 1 rings (SSSR count). The summed E-state index contributed by atoms with van der Waals surface area (Å²) in [5.74, 6) is -0.153. The lowest BCUT2D eigenvalue weighted by molar-refractivity contribution is -0.118. The van der Waals surface area contributed by atoms with E-state index in [-0.39, 0.29) is 12.5 Å². The molecular formula is C16H24N2O2. The van der Waals surface area contributed by atoms with Crippen molar-refractivity contribution >= 4 is 17.7 Å². The van der Waals surface area contributed by atoms with Gasteiger partial charge in [0.1, 0.15) is 0 Å². The molecule has 1 aromatic rings. The highest BCUT2D eigenvalue weighted by atomic mass is 16.3. The Hall–Kier alpha value is -1.81. The maximum Gasteiger partial charge on any atom is 0.244 e. The molecule has 4 heteroatoms. The van der Waals surface area contributed by atoms with Crippen molar-refractivity contribution in [1.29, 1.82) is 0 Å². The monoisotopic (exact) mass is 276 g/mol. The summed E-state index contributed by atoms with van der Waals surface area (Å²) in [5.41, 5.74) is 1.70. The number of aliphatic hydroxyl groups is 1. The van der Waals surface area contributed by atoms with Crippen LogP contribution in [0.3, 0.4) is 0 Å². The number of nitrogens with zero attached hydrogens (tertiary/aromatic N) is 1. The number of hydrogen-bond donors (Lipinski definition) is 2. The maximum absolute atomic E-state index is 11.8. The average Bonchev–Trinajstić information content (AvgIpc) is 2.36. The Balaban J connectivity index is 2.61. The third-order valence-electron chi connectivity index (χ3n) is 3.04. The highest BCUT2D eigenvalue weighted by Crippen LogP contribution is 2.13. The van der Waals surface area contributed by atoms with Crippen molar-refractivity contribution in [3.63, 3.8) is 0 Å². The molecule has 0 aromatic heterocycles. The Kier molecular flexibility index (Phi) is 5.77. The number of carbonyl (C=O) groups is 1. The molecule has 0 bridgehead atoms. The van der Waals surface area contributed by atoms with Gasteiger partial charge in [-0.1, -0.05) is 12.1 Å². The van der Waals surface area contributed by atoms with E-state index in [0.717, 1.165) is 11.3 Å². The van der Waals surface area contributed by atoms with Crippen molar-refractivity contribution in [2.45, 2.75) is 25.8 Å². The highest BCUT2D eigenvalue weighted by Gasteiger charge is 2.17. The van der Waals surface area contributed by atoms with E-state index >= 15 is 0 Å². The maximum atomic E-state index is 11.8. The minimum atomic E-state index is -0.398. The molecule has 4 nitrogen and oxygen atoms in total. The summed E-state index contributed by atoms with van der Waals surface area (Å²) in [4.78, 5) is 13.8. The van der Waals surface area contributed by atoms with Gasteiger partial charge in [-0.25, -0.2) is 0 Å². The molecule has 1 amide bonds. The number of carbonyl (C=O) groups excluding carboxylic acids is 1. The second-order valence-corrected chi connectivity index (χ2v) is 5.67. The second-order valence-electron chi connectivity index (χ2n) is 5.67. The lowest BCUT2D eigenvalue weighted by atomic mass is 10.0. The van der Waals surface area contributed by atoms with Crippen LogP contribution in [0, 0.1) is 0 Å². The van der Waals surface area contributed by atoms with E-state index in [9.17, 15) is 4.79 Å². The summed E-state index contributed by atoms with van der Waals surface area (Å²) in [7, 11) is 3.98. The molecule has 2 N–H and O–H groups in total. The number of amides is 1. The lowest BCUT2D eigenvalue weighted by Gasteiger charge is -2.24. The van der Waals surface area contributed by atoms with Gasteiger partial charge >= 0.3 is 0 Å². The number of rotatable bonds is 6. The molecule has 0 unspecified atom stereocenters. The molecule has 0 radical (unpaired) electrons. The van der Waals surface area contributed by atoms with Crippen LogP contribution in [0.1, 0.15) is 25.8 Å². The molecule has 0 heterocycles. The van der Waals surface area contributed by atoms with E-state index in [0.29, 0.717) is 6.42 Å². The summed E-state index contributed by atoms with van der Waals surface area (Å²) in [5, 5.41) is 11.8. The van der Waals surface area contributed by atoms with Crippen LogP contribution < -0.4 is 10.2 Å². The van der Waals surface area contributed by atoms with Crippen molar-refractivity contribution in [1.82, 2.24) is 5.32 Å². The van der Waals surface area contributed by atoms with Gasteiger partial charge in [-0.2, -0.15) is 0 Å². The Morgan fingerprint density at radius 1 is 1.30 bits per heavy atom. The lowest BCUT2D eigenvalue weighted by Crippen LogP contribution is -2.43. The predicted octanol–water partition coefficient (Wildman–Crippen LogP) is 2.04. The first-order valence-corrected chi connectivity index (χ1v) is 6.72. The molecule has 110 valence electrons. The SMILES string of the molecule is CN(C)c1ccc(/C=C/C(=O)NC(C)(C)CCO)cc1. The molecule has 1 aromatic carbocycles. The van der Waals surface area contributed by atoms with Crippen LogP contribution in [0.2, 0.25) is 0 Å². The van der Waals surface area contributed by atoms with Crippen molar-refractivity contribution < 1.29 is 9.90 Å². The van der Waals surface area contributed by atoms with Gasteiger partial charge in [0, 0.05) is 38.0 Å². The van der Waals surface area contributed by atoms with Crippen LogP contribution >= 0.6 is 0 Å². The van der Waals surface area contributed by atoms with E-state index in [2.05, 4.69) is 5.32 Å². The minimum Gasteiger partial charge on any atom is -0.396 e. The molecular weight excluding hydrogens is 252 g/mol. The van der Waals surface area contributed by atoms with Crippen molar-refractivity contribution in [3.8, 4) is 0 Å². The van der Waals surface area contributed by atoms with Gasteiger partial charge in [0.25, 0.3) is 0 Å². The fourth-order valence-electron chi connectivity index (χ4n) is 1.77. The van der Waals surface area contributed by atoms with Crippen LogP contribution in [-0.4, -0.2) is 37.3 Å². The smallest absolute Gasteiger partial charge is 0.244 e. The third kappa shape index (κ3) is 5.45. The molecule has 0 atom stereocenters. The number of nitrogens with one attached hydrogen (secondary N) is 1. The molecule has 0 fully saturated rings. The molecule has 0 saturated heterocycles. The first kappa shape index (κ1) is 16.2. The van der Waals surface area contributed by atoms with Gasteiger partial charge in [0.2, 0.25) is 5.91 Å². The predicted molar refractivity (Wildman–Crippen MR) is 83.7 cm³/mol. The first-order valence-electron chi connectivity index (χ1n) is 6.72. The normalized spacial score (nSPS) is 11.7. The molecule has 20 heavy (non-hydrogen) atoms. The van der Waals surface area contributed by atoms with Crippen LogP contribution in [0.5, 0.6) is 0 Å².